The van der Waals surface area contributed by atoms with E-state index in [2.05, 4.69) is 32.7 Å². The molecule has 0 amide bonds. The molecule has 0 aliphatic heterocycles. The summed E-state index contributed by atoms with van der Waals surface area (Å²) in [6.45, 7) is 5.65. The van der Waals surface area contributed by atoms with Gasteiger partial charge in [-0.05, 0) is 38.0 Å². The molecular formula is C17H24N4OS. The molecule has 0 saturated carbocycles. The fourth-order valence-electron chi connectivity index (χ4n) is 2.24. The van der Waals surface area contributed by atoms with Crippen LogP contribution in [0.3, 0.4) is 0 Å². The number of nitrogens with zero attached hydrogens (tertiary/aromatic N) is 2. The van der Waals surface area contributed by atoms with Gasteiger partial charge in [-0.2, -0.15) is 0 Å². The van der Waals surface area contributed by atoms with Gasteiger partial charge >= 0.3 is 0 Å². The summed E-state index contributed by atoms with van der Waals surface area (Å²) in [5.41, 5.74) is 2.36. The molecule has 0 atom stereocenters. The second-order valence-corrected chi connectivity index (χ2v) is 6.48. The van der Waals surface area contributed by atoms with Crippen molar-refractivity contribution in [2.45, 2.75) is 26.8 Å². The van der Waals surface area contributed by atoms with Crippen LogP contribution in [0.1, 0.15) is 21.1 Å². The standard InChI is InChI=1S/C17H24N4OS/c1-12-16(23-13(2)21-12)11-20-17(18-3)19-10-9-14-5-7-15(22-4)8-6-14/h5-8H,9-11H2,1-4H3,(H2,18,19,20). The van der Waals surface area contributed by atoms with Gasteiger partial charge in [0.25, 0.3) is 0 Å². The maximum Gasteiger partial charge on any atom is 0.191 e. The first kappa shape index (κ1) is 17.3. The first-order chi connectivity index (χ1) is 11.1. The van der Waals surface area contributed by atoms with Crippen molar-refractivity contribution in [1.82, 2.24) is 15.6 Å². The van der Waals surface area contributed by atoms with Crippen molar-refractivity contribution in [1.29, 1.82) is 0 Å². The number of nitrogens with one attached hydrogen (secondary N) is 2. The molecule has 0 unspecified atom stereocenters. The number of aryl methyl sites for hydroxylation is 2. The summed E-state index contributed by atoms with van der Waals surface area (Å²) in [5.74, 6) is 1.69. The smallest absolute Gasteiger partial charge is 0.191 e. The lowest BCUT2D eigenvalue weighted by Crippen LogP contribution is -2.37. The van der Waals surface area contributed by atoms with Crippen molar-refractivity contribution in [3.63, 3.8) is 0 Å². The van der Waals surface area contributed by atoms with Crippen LogP contribution in [0.15, 0.2) is 29.3 Å². The number of benzene rings is 1. The van der Waals surface area contributed by atoms with Crippen molar-refractivity contribution in [3.05, 3.63) is 45.4 Å². The van der Waals surface area contributed by atoms with Crippen molar-refractivity contribution in [2.75, 3.05) is 20.7 Å². The Morgan fingerprint density at radius 1 is 1.22 bits per heavy atom. The molecule has 6 heteroatoms. The number of guanidine groups is 1. The molecule has 2 rings (SSSR count). The molecule has 5 nitrogen and oxygen atoms in total. The molecule has 1 aromatic carbocycles. The molecule has 0 aliphatic carbocycles. The number of rotatable bonds is 6. The molecule has 0 aliphatic rings. The van der Waals surface area contributed by atoms with Crippen LogP contribution in [-0.4, -0.2) is 31.6 Å². The molecule has 1 heterocycles. The lowest BCUT2D eigenvalue weighted by molar-refractivity contribution is 0.414. The average molecular weight is 332 g/mol. The number of hydrogen-bond acceptors (Lipinski definition) is 4. The van der Waals surface area contributed by atoms with Gasteiger partial charge in [-0.25, -0.2) is 4.98 Å². The Bertz CT molecular complexity index is 649. The maximum atomic E-state index is 5.17. The minimum Gasteiger partial charge on any atom is -0.497 e. The SMILES string of the molecule is CN=C(NCCc1ccc(OC)cc1)NCc1sc(C)nc1C. The number of aromatic nitrogens is 1. The Balaban J connectivity index is 1.77. The maximum absolute atomic E-state index is 5.17. The second kappa shape index (κ2) is 8.53. The van der Waals surface area contributed by atoms with Gasteiger partial charge in [0.15, 0.2) is 5.96 Å². The Labute approximate surface area is 141 Å². The summed E-state index contributed by atoms with van der Waals surface area (Å²) in [4.78, 5) is 9.95. The van der Waals surface area contributed by atoms with Crippen LogP contribution >= 0.6 is 11.3 Å². The van der Waals surface area contributed by atoms with Crippen molar-refractivity contribution in [2.24, 2.45) is 4.99 Å². The molecule has 124 valence electrons. The fraction of sp³-hybridized carbons (Fsp3) is 0.412. The molecule has 0 bridgehead atoms. The molecule has 23 heavy (non-hydrogen) atoms. The van der Waals surface area contributed by atoms with E-state index in [4.69, 9.17) is 4.74 Å². The van der Waals surface area contributed by atoms with Crippen LogP contribution in [-0.2, 0) is 13.0 Å². The Hall–Kier alpha value is -2.08. The molecule has 2 N–H and O–H groups in total. The lowest BCUT2D eigenvalue weighted by atomic mass is 10.1. The Morgan fingerprint density at radius 3 is 2.52 bits per heavy atom. The van der Waals surface area contributed by atoms with Crippen LogP contribution in [0.5, 0.6) is 5.75 Å². The Morgan fingerprint density at radius 2 is 1.96 bits per heavy atom. The van der Waals surface area contributed by atoms with Gasteiger partial charge in [0.05, 0.1) is 24.4 Å². The van der Waals surface area contributed by atoms with E-state index in [1.807, 2.05) is 26.0 Å². The number of hydrogen-bond donors (Lipinski definition) is 2. The van der Waals surface area contributed by atoms with E-state index in [1.165, 1.54) is 10.4 Å². The minimum atomic E-state index is 0.750. The van der Waals surface area contributed by atoms with Gasteiger partial charge in [0.1, 0.15) is 5.75 Å². The third kappa shape index (κ3) is 5.25. The molecule has 0 fully saturated rings. The first-order valence-corrected chi connectivity index (χ1v) is 8.44. The molecular weight excluding hydrogens is 308 g/mol. The predicted octanol–water partition coefficient (Wildman–Crippen LogP) is 2.68. The van der Waals surface area contributed by atoms with E-state index in [0.717, 1.165) is 41.9 Å². The highest BCUT2D eigenvalue weighted by Crippen LogP contribution is 2.16. The fourth-order valence-corrected chi connectivity index (χ4v) is 3.12. The van der Waals surface area contributed by atoms with Crippen molar-refractivity contribution in [3.8, 4) is 5.75 Å². The zero-order valence-electron chi connectivity index (χ0n) is 14.1. The highest BCUT2D eigenvalue weighted by atomic mass is 32.1. The zero-order chi connectivity index (χ0) is 16.7. The predicted molar refractivity (Wildman–Crippen MR) is 96.5 cm³/mol. The highest BCUT2D eigenvalue weighted by Gasteiger charge is 2.05. The van der Waals surface area contributed by atoms with E-state index in [-0.39, 0.29) is 0 Å². The summed E-state index contributed by atoms with van der Waals surface area (Å²) in [6, 6.07) is 8.13. The van der Waals surface area contributed by atoms with Gasteiger partial charge in [-0.3, -0.25) is 4.99 Å². The third-order valence-corrected chi connectivity index (χ3v) is 4.58. The summed E-state index contributed by atoms with van der Waals surface area (Å²) in [5, 5.41) is 7.77. The summed E-state index contributed by atoms with van der Waals surface area (Å²) in [7, 11) is 3.46. The quantitative estimate of drug-likeness (QED) is 0.631. The third-order valence-electron chi connectivity index (χ3n) is 3.50. The van der Waals surface area contributed by atoms with Gasteiger partial charge in [-0.1, -0.05) is 12.1 Å². The van der Waals surface area contributed by atoms with Gasteiger partial charge in [-0.15, -0.1) is 11.3 Å². The largest absolute Gasteiger partial charge is 0.497 e. The topological polar surface area (TPSA) is 58.5 Å². The molecule has 0 radical (unpaired) electrons. The van der Waals surface area contributed by atoms with Gasteiger partial charge < -0.3 is 15.4 Å². The van der Waals surface area contributed by atoms with Gasteiger partial charge in [0.2, 0.25) is 0 Å². The van der Waals surface area contributed by atoms with Crippen LogP contribution in [0.4, 0.5) is 0 Å². The van der Waals surface area contributed by atoms with Crippen LogP contribution < -0.4 is 15.4 Å². The molecule has 2 aromatic rings. The van der Waals surface area contributed by atoms with E-state index in [9.17, 15) is 0 Å². The van der Waals surface area contributed by atoms with E-state index in [1.54, 1.807) is 25.5 Å². The van der Waals surface area contributed by atoms with Gasteiger partial charge in [0, 0.05) is 18.5 Å². The summed E-state index contributed by atoms with van der Waals surface area (Å²) in [6.07, 6.45) is 0.934. The van der Waals surface area contributed by atoms with E-state index >= 15 is 0 Å². The van der Waals surface area contributed by atoms with Crippen LogP contribution in [0, 0.1) is 13.8 Å². The number of ether oxygens (including phenoxy) is 1. The lowest BCUT2D eigenvalue weighted by Gasteiger charge is -2.11. The summed E-state index contributed by atoms with van der Waals surface area (Å²) < 4.78 is 5.17. The molecule has 1 aromatic heterocycles. The molecule has 0 saturated heterocycles. The van der Waals surface area contributed by atoms with Crippen molar-refractivity contribution < 1.29 is 4.74 Å². The van der Waals surface area contributed by atoms with Crippen molar-refractivity contribution >= 4 is 17.3 Å². The average Bonchev–Trinajstić information content (AvgIpc) is 2.89. The van der Waals surface area contributed by atoms with Crippen LogP contribution in [0.25, 0.3) is 0 Å². The number of methoxy groups -OCH3 is 1. The second-order valence-electron chi connectivity index (χ2n) is 5.19. The van der Waals surface area contributed by atoms with E-state index < -0.39 is 0 Å². The number of aliphatic imine (C=N–C) groups is 1. The zero-order valence-corrected chi connectivity index (χ0v) is 15.0. The number of thiazole rings is 1. The first-order valence-electron chi connectivity index (χ1n) is 7.62. The highest BCUT2D eigenvalue weighted by molar-refractivity contribution is 7.11. The summed E-state index contributed by atoms with van der Waals surface area (Å²) >= 11 is 1.72. The molecule has 0 spiro atoms. The van der Waals surface area contributed by atoms with Crippen LogP contribution in [0.2, 0.25) is 0 Å². The normalized spacial score (nSPS) is 11.4. The van der Waals surface area contributed by atoms with E-state index in [0.29, 0.717) is 0 Å². The minimum absolute atomic E-state index is 0.750. The Kier molecular flexibility index (Phi) is 6.40. The monoisotopic (exact) mass is 332 g/mol.